The van der Waals surface area contributed by atoms with Crippen molar-refractivity contribution in [2.75, 3.05) is 26.9 Å². The first kappa shape index (κ1) is 22.9. The van der Waals surface area contributed by atoms with Crippen molar-refractivity contribution in [2.45, 2.75) is 32.7 Å². The van der Waals surface area contributed by atoms with E-state index < -0.39 is 0 Å². The van der Waals surface area contributed by atoms with Gasteiger partial charge in [0.1, 0.15) is 22.9 Å². The topological polar surface area (TPSA) is 87.7 Å². The zero-order chi connectivity index (χ0) is 23.4. The predicted molar refractivity (Wildman–Crippen MR) is 126 cm³/mol. The Balaban J connectivity index is 1.74. The molecule has 0 fully saturated rings. The second kappa shape index (κ2) is 10.1. The third kappa shape index (κ3) is 4.73. The minimum atomic E-state index is -0.341. The molecule has 7 heteroatoms. The van der Waals surface area contributed by atoms with Crippen LogP contribution in [-0.4, -0.2) is 53.0 Å². The summed E-state index contributed by atoms with van der Waals surface area (Å²) in [7, 11) is 1.66. The highest BCUT2D eigenvalue weighted by atomic mass is 16.5. The lowest BCUT2D eigenvalue weighted by molar-refractivity contribution is 0.0723. The van der Waals surface area contributed by atoms with Gasteiger partial charge in [-0.05, 0) is 48.6 Å². The monoisotopic (exact) mass is 449 g/mol. The number of benzene rings is 2. The molecular formula is C26H31N3O4. The number of carbonyl (C=O) groups excluding carboxylic acids is 1. The first-order chi connectivity index (χ1) is 16.0. The van der Waals surface area contributed by atoms with Crippen molar-refractivity contribution >= 4 is 5.91 Å². The van der Waals surface area contributed by atoms with Gasteiger partial charge in [0.2, 0.25) is 0 Å². The molecule has 2 heterocycles. The normalized spacial score (nSPS) is 15.3. The van der Waals surface area contributed by atoms with Gasteiger partial charge in [-0.25, -0.2) is 0 Å². The van der Waals surface area contributed by atoms with Crippen LogP contribution in [0.15, 0.2) is 48.5 Å². The number of aromatic hydroxyl groups is 1. The number of nitrogens with one attached hydrogen (secondary N) is 1. The number of phenols is 1. The van der Waals surface area contributed by atoms with Crippen LogP contribution in [0.2, 0.25) is 0 Å². The third-order valence-electron chi connectivity index (χ3n) is 5.91. The van der Waals surface area contributed by atoms with E-state index in [1.807, 2.05) is 41.3 Å². The average molecular weight is 450 g/mol. The molecule has 33 heavy (non-hydrogen) atoms. The number of phenolic OH excluding ortho intramolecular Hbond substituents is 1. The van der Waals surface area contributed by atoms with Crippen molar-refractivity contribution in [1.29, 1.82) is 0 Å². The van der Waals surface area contributed by atoms with Crippen LogP contribution in [0.3, 0.4) is 0 Å². The van der Waals surface area contributed by atoms with Crippen molar-refractivity contribution in [3.8, 4) is 22.8 Å². The van der Waals surface area contributed by atoms with E-state index in [2.05, 4.69) is 24.0 Å². The van der Waals surface area contributed by atoms with Gasteiger partial charge in [0.25, 0.3) is 5.91 Å². The van der Waals surface area contributed by atoms with Gasteiger partial charge in [-0.2, -0.15) is 5.10 Å². The van der Waals surface area contributed by atoms with E-state index in [0.717, 1.165) is 23.3 Å². The van der Waals surface area contributed by atoms with Crippen molar-refractivity contribution in [2.24, 2.45) is 5.92 Å². The molecule has 0 radical (unpaired) electrons. The standard InChI is InChI=1S/C26H31N3O4/c1-17(2)12-15-33-19-9-6-8-18(16-19)25-22-23(20-10-4-5-11-21(20)30)27-28-24(22)26(31)29(25)13-7-14-32-3/h4-6,8-11,16-17,25,30H,7,12-15H2,1-3H3,(H,27,28)/t25-/m0/s1. The molecule has 1 aliphatic heterocycles. The first-order valence-corrected chi connectivity index (χ1v) is 11.4. The summed E-state index contributed by atoms with van der Waals surface area (Å²) in [5, 5.41) is 17.8. The number of H-pyrrole nitrogens is 1. The lowest BCUT2D eigenvalue weighted by Gasteiger charge is -2.26. The summed E-state index contributed by atoms with van der Waals surface area (Å²) >= 11 is 0. The number of ether oxygens (including phenoxy) is 2. The number of amides is 1. The van der Waals surface area contributed by atoms with E-state index in [1.165, 1.54) is 0 Å². The zero-order valence-electron chi connectivity index (χ0n) is 19.4. The van der Waals surface area contributed by atoms with E-state index in [4.69, 9.17) is 9.47 Å². The van der Waals surface area contributed by atoms with Crippen molar-refractivity contribution in [3.63, 3.8) is 0 Å². The fourth-order valence-corrected chi connectivity index (χ4v) is 4.22. The summed E-state index contributed by atoms with van der Waals surface area (Å²) in [5.41, 5.74) is 3.36. The second-order valence-corrected chi connectivity index (χ2v) is 8.73. The van der Waals surface area contributed by atoms with E-state index in [-0.39, 0.29) is 17.7 Å². The Morgan fingerprint density at radius 3 is 2.73 bits per heavy atom. The van der Waals surface area contributed by atoms with E-state index >= 15 is 0 Å². The quantitative estimate of drug-likeness (QED) is 0.435. The Bertz CT molecular complexity index is 1110. The molecule has 1 aromatic heterocycles. The van der Waals surface area contributed by atoms with Gasteiger partial charge in [-0.3, -0.25) is 9.89 Å². The molecule has 0 aliphatic carbocycles. The molecule has 4 rings (SSSR count). The lowest BCUT2D eigenvalue weighted by Crippen LogP contribution is -2.31. The summed E-state index contributed by atoms with van der Waals surface area (Å²) in [6, 6.07) is 14.6. The van der Waals surface area contributed by atoms with Crippen molar-refractivity contribution in [3.05, 3.63) is 65.4 Å². The summed E-state index contributed by atoms with van der Waals surface area (Å²) in [6.45, 7) is 6.08. The fourth-order valence-electron chi connectivity index (χ4n) is 4.22. The van der Waals surface area contributed by atoms with Crippen LogP contribution in [0, 0.1) is 5.92 Å². The van der Waals surface area contributed by atoms with Gasteiger partial charge in [-0.15, -0.1) is 0 Å². The molecule has 2 aromatic carbocycles. The molecule has 0 spiro atoms. The smallest absolute Gasteiger partial charge is 0.273 e. The number of hydrogen-bond acceptors (Lipinski definition) is 5. The van der Waals surface area contributed by atoms with Crippen LogP contribution in [0.5, 0.6) is 11.5 Å². The Hall–Kier alpha value is -3.32. The number of methoxy groups -OCH3 is 1. The molecule has 0 saturated carbocycles. The predicted octanol–water partition coefficient (Wildman–Crippen LogP) is 4.79. The molecule has 3 aromatic rings. The summed E-state index contributed by atoms with van der Waals surface area (Å²) in [5.74, 6) is 1.36. The van der Waals surface area contributed by atoms with Gasteiger partial charge in [0, 0.05) is 31.4 Å². The summed E-state index contributed by atoms with van der Waals surface area (Å²) in [4.78, 5) is 15.2. The maximum absolute atomic E-state index is 13.4. The highest BCUT2D eigenvalue weighted by Crippen LogP contribution is 2.44. The van der Waals surface area contributed by atoms with Crippen LogP contribution in [0.25, 0.3) is 11.3 Å². The molecule has 1 atom stereocenters. The van der Waals surface area contributed by atoms with Gasteiger partial charge >= 0.3 is 0 Å². The van der Waals surface area contributed by atoms with E-state index in [9.17, 15) is 9.90 Å². The summed E-state index contributed by atoms with van der Waals surface area (Å²) < 4.78 is 11.2. The molecule has 1 aliphatic rings. The van der Waals surface area contributed by atoms with Gasteiger partial charge < -0.3 is 19.5 Å². The minimum absolute atomic E-state index is 0.105. The minimum Gasteiger partial charge on any atom is -0.507 e. The van der Waals surface area contributed by atoms with Gasteiger partial charge in [-0.1, -0.05) is 38.1 Å². The third-order valence-corrected chi connectivity index (χ3v) is 5.91. The number of aromatic nitrogens is 2. The van der Waals surface area contributed by atoms with E-state index in [0.29, 0.717) is 49.0 Å². The largest absolute Gasteiger partial charge is 0.507 e. The lowest BCUT2D eigenvalue weighted by atomic mass is 9.95. The van der Waals surface area contributed by atoms with Crippen LogP contribution in [0.4, 0.5) is 0 Å². The molecule has 2 N–H and O–H groups in total. The van der Waals surface area contributed by atoms with Crippen molar-refractivity contribution in [1.82, 2.24) is 15.1 Å². The van der Waals surface area contributed by atoms with Crippen LogP contribution in [-0.2, 0) is 4.74 Å². The molecular weight excluding hydrogens is 418 g/mol. The number of fused-ring (bicyclic) bond motifs is 1. The maximum Gasteiger partial charge on any atom is 0.273 e. The highest BCUT2D eigenvalue weighted by Gasteiger charge is 2.42. The average Bonchev–Trinajstić information content (AvgIpc) is 3.33. The van der Waals surface area contributed by atoms with E-state index in [1.54, 1.807) is 19.2 Å². The number of hydrogen-bond donors (Lipinski definition) is 2. The maximum atomic E-state index is 13.4. The molecule has 0 bridgehead atoms. The van der Waals surface area contributed by atoms with Gasteiger partial charge in [0.05, 0.1) is 12.6 Å². The Labute approximate surface area is 194 Å². The van der Waals surface area contributed by atoms with Crippen LogP contribution in [0.1, 0.15) is 54.3 Å². The first-order valence-electron chi connectivity index (χ1n) is 11.4. The van der Waals surface area contributed by atoms with Crippen LogP contribution >= 0.6 is 0 Å². The molecule has 0 saturated heterocycles. The molecule has 174 valence electrons. The Morgan fingerprint density at radius 2 is 1.97 bits per heavy atom. The Kier molecular flexibility index (Phi) is 6.99. The number of aromatic amines is 1. The number of rotatable bonds is 10. The highest BCUT2D eigenvalue weighted by molar-refractivity contribution is 6.00. The Morgan fingerprint density at radius 1 is 1.15 bits per heavy atom. The van der Waals surface area contributed by atoms with Crippen LogP contribution < -0.4 is 4.74 Å². The summed E-state index contributed by atoms with van der Waals surface area (Å²) in [6.07, 6.45) is 1.69. The number of nitrogens with zero attached hydrogens (tertiary/aromatic N) is 2. The SMILES string of the molecule is COCCCN1C(=O)c2[nH]nc(-c3ccccc3O)c2[C@@H]1c1cccc(OCCC(C)C)c1. The van der Waals surface area contributed by atoms with Gasteiger partial charge in [0.15, 0.2) is 0 Å². The fraction of sp³-hybridized carbons (Fsp3) is 0.385. The number of carbonyl (C=O) groups is 1. The molecule has 1 amide bonds. The number of para-hydroxylation sites is 1. The second-order valence-electron chi connectivity index (χ2n) is 8.73. The molecule has 7 nitrogen and oxygen atoms in total. The zero-order valence-corrected chi connectivity index (χ0v) is 19.4. The molecule has 0 unspecified atom stereocenters. The van der Waals surface area contributed by atoms with Crippen molar-refractivity contribution < 1.29 is 19.4 Å².